The fraction of sp³-hybridized carbons (Fsp3) is 0.300. The molecular formula is C20H22N4S. The van der Waals surface area contributed by atoms with E-state index in [0.717, 1.165) is 22.9 Å². The minimum Gasteiger partial charge on any atom is -0.363 e. The molecule has 4 rings (SSSR count). The molecule has 0 aliphatic heterocycles. The number of nitrogens with zero attached hydrogens (tertiary/aromatic N) is 3. The first-order valence-electron chi connectivity index (χ1n) is 8.47. The maximum absolute atomic E-state index is 4.72. The summed E-state index contributed by atoms with van der Waals surface area (Å²) in [5.41, 5.74) is 7.36. The highest BCUT2D eigenvalue weighted by atomic mass is 32.1. The second kappa shape index (κ2) is 5.85. The van der Waals surface area contributed by atoms with Crippen LogP contribution >= 0.6 is 11.3 Å². The summed E-state index contributed by atoms with van der Waals surface area (Å²) < 4.78 is 3.16. The number of benzene rings is 1. The number of fused-ring (bicyclic) bond motifs is 3. The molecule has 25 heavy (non-hydrogen) atoms. The SMILES string of the molecule is Cc1cc(C)cc(CNc2nn(C)c3c2sc2nc(C)cc(C)c23)c1. The van der Waals surface area contributed by atoms with E-state index in [2.05, 4.69) is 50.4 Å². The van der Waals surface area contributed by atoms with Crippen LogP contribution in [0, 0.1) is 27.7 Å². The summed E-state index contributed by atoms with van der Waals surface area (Å²) in [4.78, 5) is 5.81. The van der Waals surface area contributed by atoms with Gasteiger partial charge in [0.15, 0.2) is 5.82 Å². The quantitative estimate of drug-likeness (QED) is 0.563. The van der Waals surface area contributed by atoms with Crippen molar-refractivity contribution in [3.8, 4) is 0 Å². The molecule has 0 unspecified atom stereocenters. The number of rotatable bonds is 3. The molecule has 0 amide bonds. The Bertz CT molecular complexity index is 1080. The largest absolute Gasteiger partial charge is 0.363 e. The average Bonchev–Trinajstić information content (AvgIpc) is 3.02. The van der Waals surface area contributed by atoms with Crippen molar-refractivity contribution in [3.05, 3.63) is 52.2 Å². The van der Waals surface area contributed by atoms with Crippen LogP contribution in [0.15, 0.2) is 24.3 Å². The van der Waals surface area contributed by atoms with Gasteiger partial charge >= 0.3 is 0 Å². The predicted octanol–water partition coefficient (Wildman–Crippen LogP) is 5.03. The highest BCUT2D eigenvalue weighted by molar-refractivity contribution is 7.26. The molecule has 0 bridgehead atoms. The topological polar surface area (TPSA) is 42.7 Å². The molecule has 0 atom stereocenters. The standard InChI is InChI=1S/C20H22N4S/c1-11-6-12(2)8-15(7-11)10-21-19-18-17(24(5)23-19)16-13(3)9-14(4)22-20(16)25-18/h6-9H,10H2,1-5H3,(H,21,23). The average molecular weight is 350 g/mol. The normalized spacial score (nSPS) is 11.6. The maximum Gasteiger partial charge on any atom is 0.166 e. The van der Waals surface area contributed by atoms with E-state index in [-0.39, 0.29) is 0 Å². The van der Waals surface area contributed by atoms with Crippen molar-refractivity contribution in [3.63, 3.8) is 0 Å². The van der Waals surface area contributed by atoms with Gasteiger partial charge in [0.2, 0.25) is 0 Å². The highest BCUT2D eigenvalue weighted by Crippen LogP contribution is 2.38. The lowest BCUT2D eigenvalue weighted by atomic mass is 10.1. The van der Waals surface area contributed by atoms with Gasteiger partial charge in [0.05, 0.1) is 10.2 Å². The van der Waals surface area contributed by atoms with Crippen molar-refractivity contribution >= 4 is 37.6 Å². The van der Waals surface area contributed by atoms with Crippen LogP contribution in [-0.4, -0.2) is 14.8 Å². The lowest BCUT2D eigenvalue weighted by Gasteiger charge is -2.06. The zero-order valence-electron chi connectivity index (χ0n) is 15.3. The van der Waals surface area contributed by atoms with Crippen LogP contribution in [0.4, 0.5) is 5.82 Å². The summed E-state index contributed by atoms with van der Waals surface area (Å²) in [5.74, 6) is 0.941. The van der Waals surface area contributed by atoms with Crippen LogP contribution in [0.2, 0.25) is 0 Å². The summed E-state index contributed by atoms with van der Waals surface area (Å²) in [6.45, 7) is 9.25. The van der Waals surface area contributed by atoms with Crippen molar-refractivity contribution in [1.82, 2.24) is 14.8 Å². The smallest absolute Gasteiger partial charge is 0.166 e. The second-order valence-corrected chi connectivity index (χ2v) is 7.86. The summed E-state index contributed by atoms with van der Waals surface area (Å²) in [7, 11) is 2.01. The Labute approximate surface area is 151 Å². The zero-order chi connectivity index (χ0) is 17.7. The van der Waals surface area contributed by atoms with Crippen molar-refractivity contribution in [1.29, 1.82) is 0 Å². The predicted molar refractivity (Wildman–Crippen MR) is 107 cm³/mol. The van der Waals surface area contributed by atoms with Gasteiger partial charge in [-0.3, -0.25) is 4.68 Å². The van der Waals surface area contributed by atoms with E-state index in [1.54, 1.807) is 11.3 Å². The molecule has 3 aromatic heterocycles. The summed E-state index contributed by atoms with van der Waals surface area (Å²) in [5, 5.41) is 9.46. The molecule has 0 saturated heterocycles. The van der Waals surface area contributed by atoms with Gasteiger partial charge in [0, 0.05) is 24.7 Å². The zero-order valence-corrected chi connectivity index (χ0v) is 16.1. The van der Waals surface area contributed by atoms with Crippen molar-refractivity contribution in [2.75, 3.05) is 5.32 Å². The third-order valence-electron chi connectivity index (χ3n) is 4.49. The Balaban J connectivity index is 1.76. The first-order chi connectivity index (χ1) is 11.9. The van der Waals surface area contributed by atoms with Gasteiger partial charge < -0.3 is 5.32 Å². The number of aromatic nitrogens is 3. The van der Waals surface area contributed by atoms with E-state index in [4.69, 9.17) is 10.1 Å². The molecule has 0 spiro atoms. The Hall–Kier alpha value is -2.40. The van der Waals surface area contributed by atoms with E-state index in [1.165, 1.54) is 37.9 Å². The van der Waals surface area contributed by atoms with Gasteiger partial charge in [-0.05, 0) is 44.9 Å². The van der Waals surface area contributed by atoms with Gasteiger partial charge in [-0.2, -0.15) is 5.10 Å². The fourth-order valence-electron chi connectivity index (χ4n) is 3.61. The first kappa shape index (κ1) is 16.1. The van der Waals surface area contributed by atoms with Gasteiger partial charge in [-0.15, -0.1) is 11.3 Å². The third kappa shape index (κ3) is 2.78. The number of hydrogen-bond donors (Lipinski definition) is 1. The van der Waals surface area contributed by atoms with Crippen LogP contribution in [0.25, 0.3) is 20.4 Å². The number of nitrogens with one attached hydrogen (secondary N) is 1. The van der Waals surface area contributed by atoms with Gasteiger partial charge in [-0.1, -0.05) is 29.3 Å². The lowest BCUT2D eigenvalue weighted by Crippen LogP contribution is -2.02. The molecule has 1 N–H and O–H groups in total. The van der Waals surface area contributed by atoms with E-state index in [9.17, 15) is 0 Å². The number of hydrogen-bond acceptors (Lipinski definition) is 4. The number of pyridine rings is 1. The molecule has 4 nitrogen and oxygen atoms in total. The number of anilines is 1. The van der Waals surface area contributed by atoms with Crippen LogP contribution in [0.3, 0.4) is 0 Å². The van der Waals surface area contributed by atoms with Gasteiger partial charge in [0.1, 0.15) is 4.83 Å². The van der Waals surface area contributed by atoms with Crippen LogP contribution < -0.4 is 5.32 Å². The molecule has 0 saturated carbocycles. The van der Waals surface area contributed by atoms with Crippen molar-refractivity contribution in [2.24, 2.45) is 7.05 Å². The molecule has 0 fully saturated rings. The number of aryl methyl sites for hydroxylation is 5. The molecule has 1 aromatic carbocycles. The Kier molecular flexibility index (Phi) is 3.76. The van der Waals surface area contributed by atoms with Crippen LogP contribution in [-0.2, 0) is 13.6 Å². The number of thiophene rings is 1. The van der Waals surface area contributed by atoms with E-state index in [0.29, 0.717) is 0 Å². The molecule has 3 heterocycles. The minimum absolute atomic E-state index is 0.772. The monoisotopic (exact) mass is 350 g/mol. The van der Waals surface area contributed by atoms with Crippen LogP contribution in [0.5, 0.6) is 0 Å². The lowest BCUT2D eigenvalue weighted by molar-refractivity contribution is 0.799. The van der Waals surface area contributed by atoms with Crippen molar-refractivity contribution < 1.29 is 0 Å². The highest BCUT2D eigenvalue weighted by Gasteiger charge is 2.17. The molecule has 4 aromatic rings. The molecule has 0 radical (unpaired) electrons. The van der Waals surface area contributed by atoms with E-state index in [1.807, 2.05) is 18.7 Å². The van der Waals surface area contributed by atoms with Crippen LogP contribution in [0.1, 0.15) is 27.9 Å². The third-order valence-corrected chi connectivity index (χ3v) is 5.57. The molecule has 0 aliphatic carbocycles. The summed E-state index contributed by atoms with van der Waals surface area (Å²) in [6, 6.07) is 8.79. The molecule has 5 heteroatoms. The Morgan fingerprint density at radius 2 is 1.76 bits per heavy atom. The first-order valence-corrected chi connectivity index (χ1v) is 9.28. The van der Waals surface area contributed by atoms with Crippen molar-refractivity contribution in [2.45, 2.75) is 34.2 Å². The molecule has 0 aliphatic rings. The van der Waals surface area contributed by atoms with E-state index < -0.39 is 0 Å². The second-order valence-electron chi connectivity index (χ2n) is 6.86. The summed E-state index contributed by atoms with van der Waals surface area (Å²) >= 11 is 1.72. The summed E-state index contributed by atoms with van der Waals surface area (Å²) in [6.07, 6.45) is 0. The fourth-order valence-corrected chi connectivity index (χ4v) is 4.89. The maximum atomic E-state index is 4.72. The van der Waals surface area contributed by atoms with Gasteiger partial charge in [-0.25, -0.2) is 4.98 Å². The van der Waals surface area contributed by atoms with Gasteiger partial charge in [0.25, 0.3) is 0 Å². The Morgan fingerprint density at radius 1 is 1.04 bits per heavy atom. The van der Waals surface area contributed by atoms with E-state index >= 15 is 0 Å². The minimum atomic E-state index is 0.772. The molecule has 128 valence electrons. The molecular weight excluding hydrogens is 328 g/mol. The Morgan fingerprint density at radius 3 is 2.48 bits per heavy atom.